The maximum absolute atomic E-state index is 12.8. The first kappa shape index (κ1) is 15.0. The molecule has 0 saturated carbocycles. The Kier molecular flexibility index (Phi) is 3.65. The standard InChI is InChI=1S/C17H17N5OS/c1-3-22(16(23)12-6-4-5-9-18-12)17-20-15-11-10-19-21(2)13(11)7-8-14(15)24-17/h4-6,9-10H,3,7-8H2,1-2H3. The molecule has 122 valence electrons. The van der Waals surface area contributed by atoms with Crippen LogP contribution in [0.1, 0.15) is 28.0 Å². The molecule has 6 nitrogen and oxygen atoms in total. The molecule has 3 aromatic heterocycles. The van der Waals surface area contributed by atoms with Crippen LogP contribution in [-0.4, -0.2) is 32.2 Å². The third kappa shape index (κ3) is 2.32. The van der Waals surface area contributed by atoms with Crippen molar-refractivity contribution < 1.29 is 4.79 Å². The molecule has 0 N–H and O–H groups in total. The number of rotatable bonds is 3. The number of anilines is 1. The number of pyridine rings is 1. The highest BCUT2D eigenvalue weighted by Gasteiger charge is 2.27. The van der Waals surface area contributed by atoms with Gasteiger partial charge in [-0.1, -0.05) is 6.07 Å². The van der Waals surface area contributed by atoms with Gasteiger partial charge in [-0.3, -0.25) is 19.4 Å². The van der Waals surface area contributed by atoms with Crippen LogP contribution in [0.2, 0.25) is 0 Å². The lowest BCUT2D eigenvalue weighted by Gasteiger charge is -2.16. The molecule has 1 amide bonds. The van der Waals surface area contributed by atoms with Gasteiger partial charge in [-0.25, -0.2) is 4.98 Å². The Morgan fingerprint density at radius 1 is 1.38 bits per heavy atom. The van der Waals surface area contributed by atoms with Gasteiger partial charge < -0.3 is 0 Å². The molecule has 0 unspecified atom stereocenters. The minimum atomic E-state index is -0.115. The van der Waals surface area contributed by atoms with E-state index in [1.165, 1.54) is 10.6 Å². The zero-order valence-electron chi connectivity index (χ0n) is 13.6. The van der Waals surface area contributed by atoms with Gasteiger partial charge in [0.05, 0.1) is 11.9 Å². The van der Waals surface area contributed by atoms with Crippen molar-refractivity contribution in [2.75, 3.05) is 11.4 Å². The molecule has 7 heteroatoms. The molecule has 0 aliphatic heterocycles. The van der Waals surface area contributed by atoms with Crippen LogP contribution in [0.5, 0.6) is 0 Å². The predicted octanol–water partition coefficient (Wildman–Crippen LogP) is 2.70. The highest BCUT2D eigenvalue weighted by molar-refractivity contribution is 7.16. The number of amides is 1. The number of hydrogen-bond acceptors (Lipinski definition) is 5. The minimum absolute atomic E-state index is 0.115. The van der Waals surface area contributed by atoms with Gasteiger partial charge in [0.2, 0.25) is 0 Å². The van der Waals surface area contributed by atoms with E-state index >= 15 is 0 Å². The van der Waals surface area contributed by atoms with Crippen molar-refractivity contribution in [3.05, 3.63) is 46.9 Å². The summed E-state index contributed by atoms with van der Waals surface area (Å²) in [6.45, 7) is 2.51. The molecule has 1 aliphatic rings. The zero-order valence-corrected chi connectivity index (χ0v) is 14.4. The Morgan fingerprint density at radius 3 is 3.00 bits per heavy atom. The molecule has 0 fully saturated rings. The van der Waals surface area contributed by atoms with Gasteiger partial charge in [-0.05, 0) is 31.9 Å². The fourth-order valence-electron chi connectivity index (χ4n) is 3.02. The van der Waals surface area contributed by atoms with Crippen LogP contribution in [0.4, 0.5) is 5.13 Å². The summed E-state index contributed by atoms with van der Waals surface area (Å²) in [5.74, 6) is -0.115. The van der Waals surface area contributed by atoms with E-state index < -0.39 is 0 Å². The predicted molar refractivity (Wildman–Crippen MR) is 93.3 cm³/mol. The molecule has 4 rings (SSSR count). The maximum Gasteiger partial charge on any atom is 0.278 e. The van der Waals surface area contributed by atoms with Crippen LogP contribution < -0.4 is 4.90 Å². The number of hydrogen-bond donors (Lipinski definition) is 0. The molecule has 3 aromatic rings. The average molecular weight is 339 g/mol. The Bertz CT molecular complexity index is 899. The third-order valence-corrected chi connectivity index (χ3v) is 5.41. The van der Waals surface area contributed by atoms with E-state index in [-0.39, 0.29) is 5.91 Å². The molecule has 0 aromatic carbocycles. The van der Waals surface area contributed by atoms with Crippen molar-refractivity contribution in [2.45, 2.75) is 19.8 Å². The van der Waals surface area contributed by atoms with Gasteiger partial charge in [0.1, 0.15) is 5.69 Å². The number of fused-ring (bicyclic) bond motifs is 3. The van der Waals surface area contributed by atoms with E-state index in [0.29, 0.717) is 12.2 Å². The summed E-state index contributed by atoms with van der Waals surface area (Å²) in [5.41, 5.74) is 3.70. The summed E-state index contributed by atoms with van der Waals surface area (Å²) in [4.78, 5) is 24.6. The summed E-state index contributed by atoms with van der Waals surface area (Å²) in [6.07, 6.45) is 5.40. The summed E-state index contributed by atoms with van der Waals surface area (Å²) >= 11 is 1.59. The fraction of sp³-hybridized carbons (Fsp3) is 0.294. The molecule has 0 radical (unpaired) electrons. The number of thiazole rings is 1. The van der Waals surface area contributed by atoms with Gasteiger partial charge in [-0.15, -0.1) is 11.3 Å². The van der Waals surface area contributed by atoms with Gasteiger partial charge in [0.25, 0.3) is 5.91 Å². The summed E-state index contributed by atoms with van der Waals surface area (Å²) in [5, 5.41) is 5.08. The van der Waals surface area contributed by atoms with Gasteiger partial charge in [0.15, 0.2) is 5.13 Å². The van der Waals surface area contributed by atoms with Crippen molar-refractivity contribution in [1.82, 2.24) is 19.7 Å². The first-order valence-corrected chi connectivity index (χ1v) is 8.74. The number of aromatic nitrogens is 4. The second-order valence-corrected chi connectivity index (χ2v) is 6.72. The highest BCUT2D eigenvalue weighted by Crippen LogP contribution is 2.39. The number of carbonyl (C=O) groups is 1. The van der Waals surface area contributed by atoms with E-state index in [1.807, 2.05) is 30.9 Å². The minimum Gasteiger partial charge on any atom is -0.283 e. The van der Waals surface area contributed by atoms with Crippen molar-refractivity contribution in [3.63, 3.8) is 0 Å². The molecular formula is C17H17N5OS. The Hall–Kier alpha value is -2.54. The number of aryl methyl sites for hydroxylation is 2. The molecule has 1 aliphatic carbocycles. The zero-order chi connectivity index (χ0) is 16.7. The van der Waals surface area contributed by atoms with Crippen molar-refractivity contribution in [1.29, 1.82) is 0 Å². The number of nitrogens with zero attached hydrogens (tertiary/aromatic N) is 5. The largest absolute Gasteiger partial charge is 0.283 e. The molecule has 3 heterocycles. The lowest BCUT2D eigenvalue weighted by molar-refractivity contribution is 0.0983. The average Bonchev–Trinajstić information content (AvgIpc) is 3.20. The normalized spacial score (nSPS) is 12.6. The van der Waals surface area contributed by atoms with Crippen molar-refractivity contribution >= 4 is 22.4 Å². The summed E-state index contributed by atoms with van der Waals surface area (Å²) in [7, 11) is 1.96. The Balaban J connectivity index is 1.73. The second-order valence-electron chi connectivity index (χ2n) is 5.66. The van der Waals surface area contributed by atoms with Crippen molar-refractivity contribution in [3.8, 4) is 11.3 Å². The highest BCUT2D eigenvalue weighted by atomic mass is 32.1. The van der Waals surface area contributed by atoms with Crippen LogP contribution in [0.15, 0.2) is 30.6 Å². The SMILES string of the molecule is CCN(C(=O)c1ccccn1)c1nc2c(s1)CCc1c-2cnn1C. The fourth-order valence-corrected chi connectivity index (χ4v) is 4.15. The number of carbonyl (C=O) groups excluding carboxylic acids is 1. The van der Waals surface area contributed by atoms with E-state index in [4.69, 9.17) is 4.98 Å². The maximum atomic E-state index is 12.8. The second kappa shape index (κ2) is 5.83. The third-order valence-electron chi connectivity index (χ3n) is 4.27. The van der Waals surface area contributed by atoms with Gasteiger partial charge in [0, 0.05) is 35.9 Å². The van der Waals surface area contributed by atoms with Gasteiger partial charge in [-0.2, -0.15) is 5.10 Å². The molecule has 0 saturated heterocycles. The summed E-state index contributed by atoms with van der Waals surface area (Å²) < 4.78 is 1.91. The van der Waals surface area contributed by atoms with E-state index in [0.717, 1.165) is 29.2 Å². The van der Waals surface area contributed by atoms with Crippen LogP contribution >= 0.6 is 11.3 Å². The van der Waals surface area contributed by atoms with Gasteiger partial charge >= 0.3 is 0 Å². The Labute approximate surface area is 143 Å². The van der Waals surface area contributed by atoms with Crippen LogP contribution in [0.25, 0.3) is 11.3 Å². The van der Waals surface area contributed by atoms with Crippen LogP contribution in [0.3, 0.4) is 0 Å². The summed E-state index contributed by atoms with van der Waals surface area (Å²) in [6, 6.07) is 5.36. The monoisotopic (exact) mass is 339 g/mol. The topological polar surface area (TPSA) is 63.9 Å². The lowest BCUT2D eigenvalue weighted by atomic mass is 10.0. The molecule has 0 spiro atoms. The lowest BCUT2D eigenvalue weighted by Crippen LogP contribution is -2.31. The molecular weight excluding hydrogens is 322 g/mol. The van der Waals surface area contributed by atoms with E-state index in [9.17, 15) is 4.79 Å². The van der Waals surface area contributed by atoms with Crippen LogP contribution in [0, 0.1) is 0 Å². The van der Waals surface area contributed by atoms with E-state index in [2.05, 4.69) is 10.1 Å². The first-order valence-electron chi connectivity index (χ1n) is 7.93. The smallest absolute Gasteiger partial charge is 0.278 e. The van der Waals surface area contributed by atoms with E-state index in [1.54, 1.807) is 34.6 Å². The quantitative estimate of drug-likeness (QED) is 0.736. The van der Waals surface area contributed by atoms with Crippen molar-refractivity contribution in [2.24, 2.45) is 7.05 Å². The molecule has 24 heavy (non-hydrogen) atoms. The first-order chi connectivity index (χ1) is 11.7. The Morgan fingerprint density at radius 2 is 2.25 bits per heavy atom. The molecule has 0 atom stereocenters. The van der Waals surface area contributed by atoms with Crippen LogP contribution in [-0.2, 0) is 19.9 Å². The molecule has 0 bridgehead atoms.